The Morgan fingerprint density at radius 2 is 2.16 bits per heavy atom. The van der Waals surface area contributed by atoms with Gasteiger partial charge in [-0.1, -0.05) is 17.7 Å². The van der Waals surface area contributed by atoms with Crippen LogP contribution < -0.4 is 15.2 Å². The summed E-state index contributed by atoms with van der Waals surface area (Å²) < 4.78 is 11.4. The first kappa shape index (κ1) is 12.2. The molecule has 2 N–H and O–H groups in total. The molecule has 0 atom stereocenters. The second-order valence-corrected chi connectivity index (χ2v) is 4.95. The van der Waals surface area contributed by atoms with Crippen LogP contribution in [0.25, 0.3) is 0 Å². The number of anilines is 1. The van der Waals surface area contributed by atoms with Crippen LogP contribution in [0.3, 0.4) is 0 Å². The molecule has 0 aromatic heterocycles. The summed E-state index contributed by atoms with van der Waals surface area (Å²) >= 11 is 6.10. The second kappa shape index (κ2) is 5.02. The maximum Gasteiger partial charge on any atom is 0.129 e. The van der Waals surface area contributed by atoms with Crippen LogP contribution >= 0.6 is 11.6 Å². The van der Waals surface area contributed by atoms with Crippen molar-refractivity contribution in [1.82, 2.24) is 0 Å². The Bertz CT molecular complexity index is 613. The molecular weight excluding hydrogens is 262 g/mol. The number of benzene rings is 2. The zero-order valence-corrected chi connectivity index (χ0v) is 11.1. The summed E-state index contributed by atoms with van der Waals surface area (Å²) in [6.45, 7) is 1.13. The van der Waals surface area contributed by atoms with Crippen molar-refractivity contribution >= 4 is 17.3 Å². The van der Waals surface area contributed by atoms with Gasteiger partial charge in [0.2, 0.25) is 0 Å². The molecule has 3 rings (SSSR count). The SMILES string of the molecule is Nc1cccc(OCc2cc(Cl)cc3c2OCC3)c1. The van der Waals surface area contributed by atoms with E-state index in [-0.39, 0.29) is 0 Å². The van der Waals surface area contributed by atoms with Crippen molar-refractivity contribution in [3.63, 3.8) is 0 Å². The van der Waals surface area contributed by atoms with E-state index in [0.717, 1.165) is 34.1 Å². The van der Waals surface area contributed by atoms with Gasteiger partial charge in [-0.2, -0.15) is 0 Å². The minimum atomic E-state index is 0.423. The number of hydrogen-bond acceptors (Lipinski definition) is 3. The number of ether oxygens (including phenoxy) is 2. The molecule has 0 saturated heterocycles. The first-order chi connectivity index (χ1) is 9.22. The Kier molecular flexibility index (Phi) is 3.22. The van der Waals surface area contributed by atoms with Gasteiger partial charge in [-0.3, -0.25) is 0 Å². The lowest BCUT2D eigenvalue weighted by molar-refractivity contribution is 0.292. The lowest BCUT2D eigenvalue weighted by Gasteiger charge is -2.11. The molecule has 1 heterocycles. The quantitative estimate of drug-likeness (QED) is 0.873. The number of fused-ring (bicyclic) bond motifs is 1. The molecule has 3 nitrogen and oxygen atoms in total. The molecule has 2 aromatic rings. The fourth-order valence-electron chi connectivity index (χ4n) is 2.22. The molecule has 0 fully saturated rings. The van der Waals surface area contributed by atoms with Crippen molar-refractivity contribution in [2.75, 3.05) is 12.3 Å². The topological polar surface area (TPSA) is 44.5 Å². The number of hydrogen-bond donors (Lipinski definition) is 1. The van der Waals surface area contributed by atoms with Gasteiger partial charge >= 0.3 is 0 Å². The molecule has 19 heavy (non-hydrogen) atoms. The van der Waals surface area contributed by atoms with Crippen LogP contribution in [0.15, 0.2) is 36.4 Å². The van der Waals surface area contributed by atoms with Crippen molar-refractivity contribution in [2.24, 2.45) is 0 Å². The first-order valence-corrected chi connectivity index (χ1v) is 6.52. The zero-order chi connectivity index (χ0) is 13.2. The van der Waals surface area contributed by atoms with E-state index in [2.05, 4.69) is 0 Å². The summed E-state index contributed by atoms with van der Waals surface area (Å²) in [5.74, 6) is 1.65. The van der Waals surface area contributed by atoms with Crippen molar-refractivity contribution < 1.29 is 9.47 Å². The van der Waals surface area contributed by atoms with Gasteiger partial charge in [-0.15, -0.1) is 0 Å². The van der Waals surface area contributed by atoms with Crippen LogP contribution in [-0.4, -0.2) is 6.61 Å². The number of nitrogen functional groups attached to an aromatic ring is 1. The lowest BCUT2D eigenvalue weighted by Crippen LogP contribution is -1.99. The summed E-state index contributed by atoms with van der Waals surface area (Å²) in [6.07, 6.45) is 0.904. The molecule has 1 aliphatic heterocycles. The van der Waals surface area contributed by atoms with Crippen molar-refractivity contribution in [3.05, 3.63) is 52.5 Å². The Hall–Kier alpha value is -1.87. The number of halogens is 1. The Morgan fingerprint density at radius 3 is 3.00 bits per heavy atom. The van der Waals surface area contributed by atoms with E-state index >= 15 is 0 Å². The third-order valence-corrected chi connectivity index (χ3v) is 3.30. The molecule has 0 saturated carbocycles. The normalized spacial score (nSPS) is 12.9. The average Bonchev–Trinajstić information content (AvgIpc) is 2.84. The van der Waals surface area contributed by atoms with Crippen LogP contribution in [0, 0.1) is 0 Å². The highest BCUT2D eigenvalue weighted by Gasteiger charge is 2.17. The van der Waals surface area contributed by atoms with E-state index in [0.29, 0.717) is 18.9 Å². The van der Waals surface area contributed by atoms with Crippen LogP contribution in [0.2, 0.25) is 5.02 Å². The third kappa shape index (κ3) is 2.61. The minimum Gasteiger partial charge on any atom is -0.493 e. The van der Waals surface area contributed by atoms with Gasteiger partial charge in [0, 0.05) is 28.8 Å². The molecule has 0 bridgehead atoms. The maximum absolute atomic E-state index is 6.10. The maximum atomic E-state index is 6.10. The average molecular weight is 276 g/mol. The van der Waals surface area contributed by atoms with Crippen molar-refractivity contribution in [1.29, 1.82) is 0 Å². The summed E-state index contributed by atoms with van der Waals surface area (Å²) in [6, 6.07) is 11.2. The molecular formula is C15H14ClNO2. The second-order valence-electron chi connectivity index (χ2n) is 4.51. The van der Waals surface area contributed by atoms with E-state index < -0.39 is 0 Å². The predicted octanol–water partition coefficient (Wildman–Crippen LogP) is 3.44. The third-order valence-electron chi connectivity index (χ3n) is 3.08. The van der Waals surface area contributed by atoms with Crippen LogP contribution in [0.5, 0.6) is 11.5 Å². The molecule has 4 heteroatoms. The van der Waals surface area contributed by atoms with E-state index in [1.807, 2.05) is 30.3 Å². The summed E-state index contributed by atoms with van der Waals surface area (Å²) in [4.78, 5) is 0. The molecule has 0 amide bonds. The summed E-state index contributed by atoms with van der Waals surface area (Å²) in [5, 5.41) is 0.718. The van der Waals surface area contributed by atoms with Gasteiger partial charge in [0.05, 0.1) is 6.61 Å². The highest BCUT2D eigenvalue weighted by molar-refractivity contribution is 6.30. The molecule has 0 spiro atoms. The number of nitrogens with two attached hydrogens (primary N) is 1. The Morgan fingerprint density at radius 1 is 1.26 bits per heavy atom. The monoisotopic (exact) mass is 275 g/mol. The fourth-order valence-corrected chi connectivity index (χ4v) is 2.48. The van der Waals surface area contributed by atoms with Crippen molar-refractivity contribution in [3.8, 4) is 11.5 Å². The van der Waals surface area contributed by atoms with E-state index in [9.17, 15) is 0 Å². The molecule has 98 valence electrons. The van der Waals surface area contributed by atoms with E-state index in [1.165, 1.54) is 0 Å². The molecule has 2 aromatic carbocycles. The molecule has 0 unspecified atom stereocenters. The molecule has 0 aliphatic carbocycles. The van der Waals surface area contributed by atoms with Gasteiger partial charge in [0.1, 0.15) is 18.1 Å². The van der Waals surface area contributed by atoms with E-state index in [4.69, 9.17) is 26.8 Å². The van der Waals surface area contributed by atoms with Gasteiger partial charge in [-0.25, -0.2) is 0 Å². The number of rotatable bonds is 3. The lowest BCUT2D eigenvalue weighted by atomic mass is 10.1. The molecule has 1 aliphatic rings. The van der Waals surface area contributed by atoms with E-state index in [1.54, 1.807) is 6.07 Å². The van der Waals surface area contributed by atoms with Gasteiger partial charge in [0.15, 0.2) is 0 Å². The molecule has 0 radical (unpaired) electrons. The standard InChI is InChI=1S/C15H14ClNO2/c16-12-6-10-4-5-18-15(10)11(7-12)9-19-14-3-1-2-13(17)8-14/h1-3,6-8H,4-5,9,17H2. The van der Waals surface area contributed by atoms with Gasteiger partial charge < -0.3 is 15.2 Å². The van der Waals surface area contributed by atoms with Crippen molar-refractivity contribution in [2.45, 2.75) is 13.0 Å². The van der Waals surface area contributed by atoms with Crippen LogP contribution in [0.1, 0.15) is 11.1 Å². The first-order valence-electron chi connectivity index (χ1n) is 6.15. The summed E-state index contributed by atoms with van der Waals surface area (Å²) in [5.41, 5.74) is 8.53. The minimum absolute atomic E-state index is 0.423. The Balaban J connectivity index is 1.81. The largest absolute Gasteiger partial charge is 0.493 e. The van der Waals surface area contributed by atoms with Crippen LogP contribution in [-0.2, 0) is 13.0 Å². The van der Waals surface area contributed by atoms with Gasteiger partial charge in [-0.05, 0) is 29.8 Å². The summed E-state index contributed by atoms with van der Waals surface area (Å²) in [7, 11) is 0. The predicted molar refractivity (Wildman–Crippen MR) is 75.8 cm³/mol. The zero-order valence-electron chi connectivity index (χ0n) is 10.4. The highest BCUT2D eigenvalue weighted by atomic mass is 35.5. The smallest absolute Gasteiger partial charge is 0.129 e. The Labute approximate surface area is 116 Å². The highest BCUT2D eigenvalue weighted by Crippen LogP contribution is 2.33. The fraction of sp³-hybridized carbons (Fsp3) is 0.200. The van der Waals surface area contributed by atoms with Crippen LogP contribution in [0.4, 0.5) is 5.69 Å². The van der Waals surface area contributed by atoms with Gasteiger partial charge in [0.25, 0.3) is 0 Å².